The molecule has 0 saturated heterocycles. The highest BCUT2D eigenvalue weighted by molar-refractivity contribution is 7.92. The van der Waals surface area contributed by atoms with Crippen LogP contribution >= 0.6 is 0 Å². The van der Waals surface area contributed by atoms with Crippen molar-refractivity contribution in [3.8, 4) is 11.5 Å². The summed E-state index contributed by atoms with van der Waals surface area (Å²) in [6, 6.07) is 15.4. The monoisotopic (exact) mass is 482 g/mol. The summed E-state index contributed by atoms with van der Waals surface area (Å²) in [4.78, 5) is 24.8. The number of nitrogens with one attached hydrogen (secondary N) is 2. The molecule has 0 saturated carbocycles. The molecule has 9 nitrogen and oxygen atoms in total. The molecule has 1 heterocycles. The fraction of sp³-hybridized carbons (Fsp3) is 0.167. The van der Waals surface area contributed by atoms with E-state index in [4.69, 9.17) is 9.47 Å². The first kappa shape index (κ1) is 23.1. The van der Waals surface area contributed by atoms with Crippen LogP contribution in [0, 0.1) is 6.92 Å². The van der Waals surface area contributed by atoms with Gasteiger partial charge in [-0.1, -0.05) is 18.2 Å². The summed E-state index contributed by atoms with van der Waals surface area (Å²) in [6.45, 7) is 2.47. The summed E-state index contributed by atoms with van der Waals surface area (Å²) in [5.74, 6) is -0.0772. The molecule has 34 heavy (non-hydrogen) atoms. The van der Waals surface area contributed by atoms with Gasteiger partial charge in [0.2, 0.25) is 0 Å². The SMILES string of the molecule is COC(=O)c1ccc(C)c(S(=O)(=O)Nc2ccccc2C(=O)Nc2ccc3c(c2)OCCO3)c1. The molecule has 0 spiro atoms. The number of anilines is 2. The second-order valence-corrected chi connectivity index (χ2v) is 9.09. The third-order valence-electron chi connectivity index (χ3n) is 5.11. The molecule has 176 valence electrons. The van der Waals surface area contributed by atoms with E-state index >= 15 is 0 Å². The standard InChI is InChI=1S/C24H22N2O7S/c1-15-7-8-16(24(28)31-2)13-22(15)34(29,30)26-19-6-4-3-5-18(19)23(27)25-17-9-10-20-21(14-17)33-12-11-32-20/h3-10,13-14,26H,11-12H2,1-2H3,(H,25,27). The van der Waals surface area contributed by atoms with Crippen molar-refractivity contribution < 1.29 is 32.2 Å². The van der Waals surface area contributed by atoms with Crippen molar-refractivity contribution in [2.45, 2.75) is 11.8 Å². The number of ether oxygens (including phenoxy) is 3. The Kier molecular flexibility index (Phi) is 6.42. The van der Waals surface area contributed by atoms with E-state index in [1.54, 1.807) is 37.3 Å². The second-order valence-electron chi connectivity index (χ2n) is 7.44. The third kappa shape index (κ3) is 4.81. The maximum atomic E-state index is 13.2. The summed E-state index contributed by atoms with van der Waals surface area (Å²) >= 11 is 0. The topological polar surface area (TPSA) is 120 Å². The van der Waals surface area contributed by atoms with Gasteiger partial charge in [0.1, 0.15) is 13.2 Å². The van der Waals surface area contributed by atoms with E-state index in [9.17, 15) is 18.0 Å². The van der Waals surface area contributed by atoms with E-state index in [1.807, 2.05) is 0 Å². The molecule has 4 rings (SSSR count). The first-order valence-electron chi connectivity index (χ1n) is 10.3. The van der Waals surface area contributed by atoms with Gasteiger partial charge < -0.3 is 19.5 Å². The number of carbonyl (C=O) groups is 2. The number of carbonyl (C=O) groups excluding carboxylic acids is 2. The second kappa shape index (κ2) is 9.44. The molecule has 0 radical (unpaired) electrons. The average Bonchev–Trinajstić information content (AvgIpc) is 2.83. The first-order valence-corrected chi connectivity index (χ1v) is 11.8. The molecule has 0 unspecified atom stereocenters. The van der Waals surface area contributed by atoms with Crippen LogP contribution in [0.5, 0.6) is 11.5 Å². The minimum absolute atomic E-state index is 0.0837. The van der Waals surface area contributed by atoms with Crippen LogP contribution in [0.1, 0.15) is 26.3 Å². The molecular weight excluding hydrogens is 460 g/mol. The van der Waals surface area contributed by atoms with Crippen molar-refractivity contribution >= 4 is 33.3 Å². The molecule has 0 aromatic heterocycles. The number of hydrogen-bond acceptors (Lipinski definition) is 7. The van der Waals surface area contributed by atoms with Gasteiger partial charge in [-0.2, -0.15) is 0 Å². The zero-order chi connectivity index (χ0) is 24.3. The first-order chi connectivity index (χ1) is 16.3. The summed E-state index contributed by atoms with van der Waals surface area (Å²) in [5.41, 5.74) is 1.19. The van der Waals surface area contributed by atoms with E-state index in [-0.39, 0.29) is 21.7 Å². The van der Waals surface area contributed by atoms with Crippen LogP contribution in [-0.4, -0.2) is 40.6 Å². The van der Waals surface area contributed by atoms with Crippen molar-refractivity contribution in [1.82, 2.24) is 0 Å². The van der Waals surface area contributed by atoms with E-state index < -0.39 is 21.9 Å². The number of benzene rings is 3. The van der Waals surface area contributed by atoms with Gasteiger partial charge >= 0.3 is 5.97 Å². The Morgan fingerprint density at radius 3 is 2.44 bits per heavy atom. The van der Waals surface area contributed by atoms with Crippen molar-refractivity contribution in [3.05, 3.63) is 77.4 Å². The Morgan fingerprint density at radius 2 is 1.68 bits per heavy atom. The Hall–Kier alpha value is -4.05. The van der Waals surface area contributed by atoms with Crippen LogP contribution in [0.25, 0.3) is 0 Å². The fourth-order valence-corrected chi connectivity index (χ4v) is 4.78. The van der Waals surface area contributed by atoms with Crippen LogP contribution in [0.15, 0.2) is 65.6 Å². The zero-order valence-electron chi connectivity index (χ0n) is 18.5. The zero-order valence-corrected chi connectivity index (χ0v) is 19.3. The molecule has 1 aliphatic rings. The van der Waals surface area contributed by atoms with Crippen molar-refractivity contribution in [1.29, 1.82) is 0 Å². The lowest BCUT2D eigenvalue weighted by Gasteiger charge is -2.19. The summed E-state index contributed by atoms with van der Waals surface area (Å²) in [7, 11) is -2.91. The van der Waals surface area contributed by atoms with Crippen LogP contribution in [0.3, 0.4) is 0 Å². The van der Waals surface area contributed by atoms with Gasteiger partial charge in [-0.25, -0.2) is 13.2 Å². The smallest absolute Gasteiger partial charge is 0.337 e. The molecule has 3 aromatic rings. The van der Waals surface area contributed by atoms with Crippen molar-refractivity contribution in [2.24, 2.45) is 0 Å². The number of amides is 1. The summed E-state index contributed by atoms with van der Waals surface area (Å²) in [6.07, 6.45) is 0. The average molecular weight is 483 g/mol. The van der Waals surface area contributed by atoms with E-state index in [2.05, 4.69) is 14.8 Å². The van der Waals surface area contributed by atoms with Gasteiger partial charge in [0.05, 0.1) is 28.8 Å². The number of hydrogen-bond donors (Lipinski definition) is 2. The number of para-hydroxylation sites is 1. The van der Waals surface area contributed by atoms with Crippen LogP contribution < -0.4 is 19.5 Å². The molecule has 1 aliphatic heterocycles. The maximum Gasteiger partial charge on any atom is 0.337 e. The van der Waals surface area contributed by atoms with Gasteiger partial charge in [0.15, 0.2) is 11.5 Å². The van der Waals surface area contributed by atoms with Crippen molar-refractivity contribution in [2.75, 3.05) is 30.4 Å². The highest BCUT2D eigenvalue weighted by atomic mass is 32.2. The number of fused-ring (bicyclic) bond motifs is 1. The third-order valence-corrected chi connectivity index (χ3v) is 6.62. The lowest BCUT2D eigenvalue weighted by atomic mass is 10.1. The summed E-state index contributed by atoms with van der Waals surface area (Å²) < 4.78 is 44.5. The number of aryl methyl sites for hydroxylation is 1. The lowest BCUT2D eigenvalue weighted by Crippen LogP contribution is -2.20. The molecule has 1 amide bonds. The lowest BCUT2D eigenvalue weighted by molar-refractivity contribution is 0.0600. The Labute approximate surface area is 196 Å². The molecule has 0 atom stereocenters. The van der Waals surface area contributed by atoms with Gasteiger partial charge in [-0.15, -0.1) is 0 Å². The molecule has 2 N–H and O–H groups in total. The fourth-order valence-electron chi connectivity index (χ4n) is 3.42. The Morgan fingerprint density at radius 1 is 0.941 bits per heavy atom. The quantitative estimate of drug-likeness (QED) is 0.515. The number of esters is 1. The van der Waals surface area contributed by atoms with E-state index in [0.717, 1.165) is 0 Å². The highest BCUT2D eigenvalue weighted by Gasteiger charge is 2.22. The predicted octanol–water partition coefficient (Wildman–Crippen LogP) is 3.61. The van der Waals surface area contributed by atoms with E-state index in [1.165, 1.54) is 37.4 Å². The molecule has 0 bridgehead atoms. The van der Waals surface area contributed by atoms with Crippen LogP contribution in [0.4, 0.5) is 11.4 Å². The molecule has 10 heteroatoms. The van der Waals surface area contributed by atoms with Crippen LogP contribution in [0.2, 0.25) is 0 Å². The van der Waals surface area contributed by atoms with Gasteiger partial charge in [0.25, 0.3) is 15.9 Å². The van der Waals surface area contributed by atoms with Gasteiger partial charge in [0, 0.05) is 11.8 Å². The Bertz CT molecular complexity index is 1370. The normalized spacial score (nSPS) is 12.5. The van der Waals surface area contributed by atoms with Gasteiger partial charge in [-0.3, -0.25) is 9.52 Å². The predicted molar refractivity (Wildman–Crippen MR) is 125 cm³/mol. The maximum absolute atomic E-state index is 13.2. The minimum atomic E-state index is -4.12. The van der Waals surface area contributed by atoms with Crippen molar-refractivity contribution in [3.63, 3.8) is 0 Å². The van der Waals surface area contributed by atoms with E-state index in [0.29, 0.717) is 36.0 Å². The molecule has 0 aliphatic carbocycles. The van der Waals surface area contributed by atoms with Crippen LogP contribution in [-0.2, 0) is 14.8 Å². The van der Waals surface area contributed by atoms with Gasteiger partial charge in [-0.05, 0) is 48.9 Å². The minimum Gasteiger partial charge on any atom is -0.486 e. The summed E-state index contributed by atoms with van der Waals surface area (Å²) in [5, 5.41) is 2.75. The molecule has 3 aromatic carbocycles. The highest BCUT2D eigenvalue weighted by Crippen LogP contribution is 2.33. The largest absolute Gasteiger partial charge is 0.486 e. The number of sulfonamides is 1. The molecular formula is C24H22N2O7S. The number of methoxy groups -OCH3 is 1. The molecule has 0 fully saturated rings. The number of rotatable bonds is 6. The Balaban J connectivity index is 1.60.